The number of rotatable bonds is 2. The van der Waals surface area contributed by atoms with Crippen molar-refractivity contribution in [2.24, 2.45) is 5.73 Å². The lowest BCUT2D eigenvalue weighted by atomic mass is 10.0. The Morgan fingerprint density at radius 3 is 2.86 bits per heavy atom. The predicted molar refractivity (Wildman–Crippen MR) is 55.8 cm³/mol. The standard InChI is InChI=1S/C11H12N2O/c12-10(7-14)9-5-1-3-8-4-2-6-13-11(8)9/h1-6,10,14H,7,12H2. The molecule has 0 aliphatic rings. The van der Waals surface area contributed by atoms with Crippen LogP contribution in [0.1, 0.15) is 11.6 Å². The molecule has 0 radical (unpaired) electrons. The lowest BCUT2D eigenvalue weighted by Gasteiger charge is -2.10. The van der Waals surface area contributed by atoms with Crippen LogP contribution in [-0.4, -0.2) is 16.7 Å². The van der Waals surface area contributed by atoms with Crippen molar-refractivity contribution in [2.75, 3.05) is 6.61 Å². The summed E-state index contributed by atoms with van der Waals surface area (Å²) in [5.41, 5.74) is 7.54. The minimum absolute atomic E-state index is 0.0598. The van der Waals surface area contributed by atoms with Crippen LogP contribution in [0.5, 0.6) is 0 Å². The number of hydrogen-bond acceptors (Lipinski definition) is 3. The molecular formula is C11H12N2O. The Morgan fingerprint density at radius 2 is 2.07 bits per heavy atom. The van der Waals surface area contributed by atoms with Gasteiger partial charge in [-0.1, -0.05) is 24.3 Å². The normalized spacial score (nSPS) is 13.0. The fourth-order valence-corrected chi connectivity index (χ4v) is 1.53. The van der Waals surface area contributed by atoms with E-state index in [4.69, 9.17) is 10.8 Å². The Bertz CT molecular complexity index is 437. The number of aliphatic hydroxyl groups is 1. The van der Waals surface area contributed by atoms with E-state index in [1.165, 1.54) is 0 Å². The molecule has 0 bridgehead atoms. The molecule has 3 N–H and O–H groups in total. The van der Waals surface area contributed by atoms with Crippen molar-refractivity contribution in [3.05, 3.63) is 42.1 Å². The molecule has 14 heavy (non-hydrogen) atoms. The molecule has 0 aliphatic heterocycles. The predicted octanol–water partition coefficient (Wildman–Crippen LogP) is 1.23. The molecule has 1 aromatic heterocycles. The van der Waals surface area contributed by atoms with Crippen LogP contribution in [0.15, 0.2) is 36.5 Å². The summed E-state index contributed by atoms with van der Waals surface area (Å²) in [5, 5.41) is 10.0. The minimum atomic E-state index is -0.353. The highest BCUT2D eigenvalue weighted by molar-refractivity contribution is 5.81. The maximum Gasteiger partial charge on any atom is 0.0750 e. The Morgan fingerprint density at radius 1 is 1.29 bits per heavy atom. The van der Waals surface area contributed by atoms with Gasteiger partial charge < -0.3 is 10.8 Å². The highest BCUT2D eigenvalue weighted by Crippen LogP contribution is 2.20. The molecular weight excluding hydrogens is 176 g/mol. The lowest BCUT2D eigenvalue weighted by molar-refractivity contribution is 0.268. The summed E-state index contributed by atoms with van der Waals surface area (Å²) < 4.78 is 0. The zero-order valence-electron chi connectivity index (χ0n) is 7.72. The van der Waals surface area contributed by atoms with Crippen molar-refractivity contribution in [2.45, 2.75) is 6.04 Å². The van der Waals surface area contributed by atoms with Gasteiger partial charge in [0.25, 0.3) is 0 Å². The number of para-hydroxylation sites is 1. The van der Waals surface area contributed by atoms with Gasteiger partial charge in [0.15, 0.2) is 0 Å². The highest BCUT2D eigenvalue weighted by Gasteiger charge is 2.08. The molecule has 2 aromatic rings. The van der Waals surface area contributed by atoms with Crippen LogP contribution in [0.3, 0.4) is 0 Å². The van der Waals surface area contributed by atoms with E-state index in [1.54, 1.807) is 6.20 Å². The largest absolute Gasteiger partial charge is 0.394 e. The molecule has 1 aromatic carbocycles. The van der Waals surface area contributed by atoms with Gasteiger partial charge in [-0.2, -0.15) is 0 Å². The van der Waals surface area contributed by atoms with Crippen LogP contribution in [0.4, 0.5) is 0 Å². The first-order chi connectivity index (χ1) is 6.83. The number of aromatic nitrogens is 1. The van der Waals surface area contributed by atoms with Gasteiger partial charge in [0.2, 0.25) is 0 Å². The van der Waals surface area contributed by atoms with Crippen LogP contribution >= 0.6 is 0 Å². The van der Waals surface area contributed by atoms with E-state index in [2.05, 4.69) is 4.98 Å². The number of nitrogens with zero attached hydrogens (tertiary/aromatic N) is 1. The molecule has 0 amide bonds. The van der Waals surface area contributed by atoms with E-state index in [9.17, 15) is 0 Å². The van der Waals surface area contributed by atoms with Gasteiger partial charge in [-0.3, -0.25) is 4.98 Å². The zero-order valence-corrected chi connectivity index (χ0v) is 7.72. The average Bonchev–Trinajstić information content (AvgIpc) is 2.27. The zero-order chi connectivity index (χ0) is 9.97. The second kappa shape index (κ2) is 3.74. The first-order valence-electron chi connectivity index (χ1n) is 4.53. The summed E-state index contributed by atoms with van der Waals surface area (Å²) in [5.74, 6) is 0. The smallest absolute Gasteiger partial charge is 0.0750 e. The number of benzene rings is 1. The number of aliphatic hydroxyl groups excluding tert-OH is 1. The topological polar surface area (TPSA) is 59.1 Å². The lowest BCUT2D eigenvalue weighted by Crippen LogP contribution is -2.15. The molecule has 0 aliphatic carbocycles. The minimum Gasteiger partial charge on any atom is -0.394 e. The van der Waals surface area contributed by atoms with E-state index in [0.29, 0.717) is 0 Å². The van der Waals surface area contributed by atoms with Crippen LogP contribution in [-0.2, 0) is 0 Å². The van der Waals surface area contributed by atoms with Crippen LogP contribution < -0.4 is 5.73 Å². The second-order valence-corrected chi connectivity index (χ2v) is 3.21. The van der Waals surface area contributed by atoms with Crippen molar-refractivity contribution >= 4 is 10.9 Å². The number of fused-ring (bicyclic) bond motifs is 1. The Hall–Kier alpha value is -1.45. The molecule has 72 valence electrons. The molecule has 0 saturated heterocycles. The number of nitrogens with two attached hydrogens (primary N) is 1. The summed E-state index contributed by atoms with van der Waals surface area (Å²) in [6.45, 7) is -0.0598. The molecule has 3 heteroatoms. The van der Waals surface area contributed by atoms with Gasteiger partial charge in [-0.25, -0.2) is 0 Å². The molecule has 2 rings (SSSR count). The summed E-state index contributed by atoms with van der Waals surface area (Å²) in [6.07, 6.45) is 1.73. The molecule has 1 unspecified atom stereocenters. The van der Waals surface area contributed by atoms with E-state index >= 15 is 0 Å². The molecule has 0 saturated carbocycles. The highest BCUT2D eigenvalue weighted by atomic mass is 16.3. The van der Waals surface area contributed by atoms with Crippen molar-refractivity contribution in [1.82, 2.24) is 4.98 Å². The van der Waals surface area contributed by atoms with Crippen LogP contribution in [0.25, 0.3) is 10.9 Å². The number of pyridine rings is 1. The van der Waals surface area contributed by atoms with Crippen molar-refractivity contribution in [1.29, 1.82) is 0 Å². The Balaban J connectivity index is 2.65. The van der Waals surface area contributed by atoms with Crippen molar-refractivity contribution < 1.29 is 5.11 Å². The SMILES string of the molecule is NC(CO)c1cccc2cccnc12. The third-order valence-corrected chi connectivity index (χ3v) is 2.26. The van der Waals surface area contributed by atoms with E-state index in [1.807, 2.05) is 30.3 Å². The fourth-order valence-electron chi connectivity index (χ4n) is 1.53. The summed E-state index contributed by atoms with van der Waals surface area (Å²) in [6, 6.07) is 9.32. The molecule has 1 atom stereocenters. The van der Waals surface area contributed by atoms with Gasteiger partial charge in [0.1, 0.15) is 0 Å². The number of hydrogen-bond donors (Lipinski definition) is 2. The quantitative estimate of drug-likeness (QED) is 0.745. The first kappa shape index (κ1) is 9.12. The molecule has 0 fully saturated rings. The molecule has 3 nitrogen and oxygen atoms in total. The van der Waals surface area contributed by atoms with Gasteiger partial charge in [-0.15, -0.1) is 0 Å². The van der Waals surface area contributed by atoms with E-state index in [-0.39, 0.29) is 12.6 Å². The summed E-state index contributed by atoms with van der Waals surface area (Å²) in [7, 11) is 0. The van der Waals surface area contributed by atoms with E-state index in [0.717, 1.165) is 16.5 Å². The van der Waals surface area contributed by atoms with Crippen LogP contribution in [0, 0.1) is 0 Å². The third kappa shape index (κ3) is 1.47. The van der Waals surface area contributed by atoms with Gasteiger partial charge >= 0.3 is 0 Å². The molecule has 1 heterocycles. The first-order valence-corrected chi connectivity index (χ1v) is 4.53. The summed E-state index contributed by atoms with van der Waals surface area (Å²) >= 11 is 0. The average molecular weight is 188 g/mol. The van der Waals surface area contributed by atoms with Crippen molar-refractivity contribution in [3.63, 3.8) is 0 Å². The Labute approximate surface area is 82.2 Å². The fraction of sp³-hybridized carbons (Fsp3) is 0.182. The second-order valence-electron chi connectivity index (χ2n) is 3.21. The van der Waals surface area contributed by atoms with Gasteiger partial charge in [0.05, 0.1) is 18.2 Å². The monoisotopic (exact) mass is 188 g/mol. The third-order valence-electron chi connectivity index (χ3n) is 2.26. The van der Waals surface area contributed by atoms with Gasteiger partial charge in [-0.05, 0) is 11.6 Å². The Kier molecular flexibility index (Phi) is 2.43. The van der Waals surface area contributed by atoms with Crippen LogP contribution in [0.2, 0.25) is 0 Å². The maximum absolute atomic E-state index is 8.99. The maximum atomic E-state index is 8.99. The summed E-state index contributed by atoms with van der Waals surface area (Å²) in [4.78, 5) is 4.26. The molecule has 0 spiro atoms. The van der Waals surface area contributed by atoms with E-state index < -0.39 is 0 Å². The van der Waals surface area contributed by atoms with Crippen molar-refractivity contribution in [3.8, 4) is 0 Å². The van der Waals surface area contributed by atoms with Gasteiger partial charge in [0, 0.05) is 11.6 Å².